The lowest BCUT2D eigenvalue weighted by molar-refractivity contribution is 0.262. The van der Waals surface area contributed by atoms with E-state index in [-0.39, 0.29) is 21.7 Å². The number of para-hydroxylation sites is 1. The van der Waals surface area contributed by atoms with Crippen LogP contribution in [0.4, 0.5) is 17.1 Å². The summed E-state index contributed by atoms with van der Waals surface area (Å²) in [6.45, 7) is 19.4. The molecule has 5 aromatic rings. The molecule has 2 atom stereocenters. The summed E-state index contributed by atoms with van der Waals surface area (Å²) < 4.78 is 0. The molecule has 0 fully saturated rings. The van der Waals surface area contributed by atoms with Gasteiger partial charge in [-0.25, -0.2) is 0 Å². The van der Waals surface area contributed by atoms with Gasteiger partial charge in [-0.05, 0) is 146 Å². The Morgan fingerprint density at radius 3 is 1.69 bits per heavy atom. The number of hydrogen-bond donors (Lipinski definition) is 0. The number of nitrogens with zero attached hydrogens (tertiary/aromatic N) is 2. The lowest BCUT2D eigenvalue weighted by Gasteiger charge is -2.52. The van der Waals surface area contributed by atoms with Crippen LogP contribution in [-0.2, 0) is 16.2 Å². The van der Waals surface area contributed by atoms with Gasteiger partial charge in [0, 0.05) is 44.9 Å². The molecule has 0 N–H and O–H groups in total. The fourth-order valence-electron chi connectivity index (χ4n) is 13.1. The van der Waals surface area contributed by atoms with Gasteiger partial charge < -0.3 is 9.80 Å². The van der Waals surface area contributed by atoms with Gasteiger partial charge in [-0.1, -0.05) is 171 Å². The predicted octanol–water partition coefficient (Wildman–Crippen LogP) is 16.1. The third-order valence-corrected chi connectivity index (χ3v) is 16.8. The Hall–Kier alpha value is -6.12. The van der Waals surface area contributed by atoms with Crippen LogP contribution in [0.2, 0.25) is 0 Å². The highest BCUT2D eigenvalue weighted by Gasteiger charge is 2.47. The first-order chi connectivity index (χ1) is 30.8. The zero-order valence-electron chi connectivity index (χ0n) is 38.9. The fourth-order valence-corrected chi connectivity index (χ4v) is 13.1. The lowest BCUT2D eigenvalue weighted by Crippen LogP contribution is -2.51. The van der Waals surface area contributed by atoms with Gasteiger partial charge in [-0.2, -0.15) is 0 Å². The average molecular weight is 833 g/mol. The van der Waals surface area contributed by atoms with Gasteiger partial charge in [0.25, 0.3) is 0 Å². The Balaban J connectivity index is 0.841. The zero-order valence-corrected chi connectivity index (χ0v) is 38.9. The van der Waals surface area contributed by atoms with Crippen LogP contribution in [-0.4, -0.2) is 6.04 Å². The van der Waals surface area contributed by atoms with Crippen LogP contribution < -0.4 is 9.80 Å². The molecule has 0 bridgehead atoms. The van der Waals surface area contributed by atoms with E-state index < -0.39 is 0 Å². The second-order valence-corrected chi connectivity index (χ2v) is 21.6. The normalized spacial score (nSPS) is 23.1. The molecular weight excluding hydrogens is 773 g/mol. The summed E-state index contributed by atoms with van der Waals surface area (Å²) in [5.41, 5.74) is 24.5. The molecule has 2 unspecified atom stereocenters. The molecule has 2 aliphatic heterocycles. The summed E-state index contributed by atoms with van der Waals surface area (Å²) >= 11 is 0. The summed E-state index contributed by atoms with van der Waals surface area (Å²) in [6, 6.07) is 38.1. The van der Waals surface area contributed by atoms with Gasteiger partial charge in [-0.15, -0.1) is 0 Å². The fraction of sp³-hybridized carbons (Fsp3) is 0.290. The van der Waals surface area contributed by atoms with Crippen LogP contribution in [0.15, 0.2) is 168 Å². The van der Waals surface area contributed by atoms with Gasteiger partial charge in [0.2, 0.25) is 0 Å². The topological polar surface area (TPSA) is 6.48 Å². The number of fused-ring (bicyclic) bond motifs is 8. The Morgan fingerprint density at radius 1 is 0.500 bits per heavy atom. The number of benzene rings is 5. The van der Waals surface area contributed by atoms with Gasteiger partial charge in [0.1, 0.15) is 0 Å². The maximum absolute atomic E-state index is 2.65. The molecule has 0 amide bonds. The Morgan fingerprint density at radius 2 is 1.03 bits per heavy atom. The molecule has 12 rings (SSSR count). The molecular formula is C62H60N2. The second-order valence-electron chi connectivity index (χ2n) is 21.6. The van der Waals surface area contributed by atoms with Crippen molar-refractivity contribution in [3.63, 3.8) is 0 Å². The Kier molecular flexibility index (Phi) is 8.45. The number of rotatable bonds is 4. The van der Waals surface area contributed by atoms with E-state index in [1.165, 1.54) is 95.2 Å². The quantitative estimate of drug-likeness (QED) is 0.167. The van der Waals surface area contributed by atoms with E-state index in [0.29, 0.717) is 12.0 Å². The molecule has 2 nitrogen and oxygen atoms in total. The van der Waals surface area contributed by atoms with Crippen LogP contribution in [0.1, 0.15) is 120 Å². The van der Waals surface area contributed by atoms with Crippen molar-refractivity contribution in [1.29, 1.82) is 0 Å². The molecule has 2 heteroatoms. The zero-order chi connectivity index (χ0) is 43.9. The smallest absolute Gasteiger partial charge is 0.0596 e. The molecule has 0 saturated carbocycles. The first-order valence-electron chi connectivity index (χ1n) is 23.9. The minimum Gasteiger partial charge on any atom is -0.334 e. The summed E-state index contributed by atoms with van der Waals surface area (Å²) in [6.07, 6.45) is 28.0. The number of hydrogen-bond acceptors (Lipinski definition) is 2. The molecule has 0 radical (unpaired) electrons. The predicted molar refractivity (Wildman–Crippen MR) is 271 cm³/mol. The standard InChI is InChI=1S/C62H60N2/c1-59(2)47-17-9-13-21-55(47)63(56-22-14-10-18-48(56)59)41-29-33-45-43-31-27-39(35-51(43)61(5,6)53(45)37-41)25-26-40-28-32-44-46-34-30-42(38-54(46)62(7,8)52(44)36-40)64-57-23-15-11-19-49(57)60(3,4)50-20-12-16-24-58(50)64/h9,11,13-17,19,21-38,47,55H,10,12,18,20H2,1-8H3/b26-25+. The van der Waals surface area contributed by atoms with E-state index in [9.17, 15) is 0 Å². The van der Waals surface area contributed by atoms with Crippen molar-refractivity contribution in [1.82, 2.24) is 0 Å². The molecule has 7 aliphatic rings. The van der Waals surface area contributed by atoms with Crippen molar-refractivity contribution in [2.24, 2.45) is 11.3 Å². The van der Waals surface area contributed by atoms with Crippen LogP contribution in [0.3, 0.4) is 0 Å². The maximum Gasteiger partial charge on any atom is 0.0596 e. The molecule has 0 spiro atoms. The van der Waals surface area contributed by atoms with Crippen LogP contribution in [0.25, 0.3) is 34.4 Å². The highest BCUT2D eigenvalue weighted by Crippen LogP contribution is 2.57. The molecule has 5 aromatic carbocycles. The van der Waals surface area contributed by atoms with E-state index in [0.717, 1.165) is 25.7 Å². The second kappa shape index (κ2) is 13.7. The maximum atomic E-state index is 2.65. The third kappa shape index (κ3) is 5.50. The first kappa shape index (κ1) is 39.5. The van der Waals surface area contributed by atoms with Gasteiger partial charge in [-0.3, -0.25) is 0 Å². The highest BCUT2D eigenvalue weighted by molar-refractivity contribution is 5.88. The van der Waals surface area contributed by atoms with Crippen molar-refractivity contribution < 1.29 is 0 Å². The van der Waals surface area contributed by atoms with E-state index in [2.05, 4.69) is 223 Å². The van der Waals surface area contributed by atoms with Gasteiger partial charge in [0.05, 0.1) is 11.7 Å². The van der Waals surface area contributed by atoms with Crippen molar-refractivity contribution >= 4 is 29.2 Å². The summed E-state index contributed by atoms with van der Waals surface area (Å²) in [4.78, 5) is 5.19. The van der Waals surface area contributed by atoms with E-state index >= 15 is 0 Å². The number of anilines is 3. The van der Waals surface area contributed by atoms with Crippen molar-refractivity contribution in [2.75, 3.05) is 9.80 Å². The van der Waals surface area contributed by atoms with Crippen LogP contribution >= 0.6 is 0 Å². The van der Waals surface area contributed by atoms with Crippen molar-refractivity contribution in [2.45, 2.75) is 103 Å². The van der Waals surface area contributed by atoms with E-state index in [1.54, 1.807) is 5.57 Å². The molecule has 64 heavy (non-hydrogen) atoms. The number of allylic oxidation sites excluding steroid dienone is 8. The minimum atomic E-state index is -0.137. The first-order valence-corrected chi connectivity index (χ1v) is 23.9. The van der Waals surface area contributed by atoms with Crippen LogP contribution in [0.5, 0.6) is 0 Å². The minimum absolute atomic E-state index is 0.00417. The average Bonchev–Trinajstić information content (AvgIpc) is 3.66. The van der Waals surface area contributed by atoms with Crippen LogP contribution in [0, 0.1) is 11.3 Å². The SMILES string of the molecule is CC1(C)C2=C(C=CCC2)N(c2ccc3c(c2)C(C)(C)c2cc(/C=C/c4ccc5c(c4)C(C)(C)c4cc(N6C7=C(CCC=C7)C(C)(C)C7C=CC=CC76)ccc4-5)ccc2-3)c2ccccc21. The van der Waals surface area contributed by atoms with Gasteiger partial charge in [0.15, 0.2) is 0 Å². The summed E-state index contributed by atoms with van der Waals surface area (Å²) in [7, 11) is 0. The molecule has 5 aliphatic carbocycles. The summed E-state index contributed by atoms with van der Waals surface area (Å²) in [5, 5.41) is 0. The molecule has 318 valence electrons. The molecule has 0 saturated heterocycles. The van der Waals surface area contributed by atoms with E-state index in [1.807, 2.05) is 0 Å². The summed E-state index contributed by atoms with van der Waals surface area (Å²) in [5.74, 6) is 0.437. The lowest BCUT2D eigenvalue weighted by atomic mass is 9.63. The Bertz CT molecular complexity index is 3070. The van der Waals surface area contributed by atoms with Crippen molar-refractivity contribution in [3.05, 3.63) is 207 Å². The monoisotopic (exact) mass is 832 g/mol. The molecule has 2 heterocycles. The van der Waals surface area contributed by atoms with Crippen molar-refractivity contribution in [3.8, 4) is 22.3 Å². The molecule has 0 aromatic heterocycles. The van der Waals surface area contributed by atoms with Gasteiger partial charge >= 0.3 is 0 Å². The third-order valence-electron chi connectivity index (χ3n) is 16.8. The van der Waals surface area contributed by atoms with E-state index in [4.69, 9.17) is 0 Å². The highest BCUT2D eigenvalue weighted by atomic mass is 15.2. The largest absolute Gasteiger partial charge is 0.334 e. The Labute approximate surface area is 381 Å².